The maximum atomic E-state index is 6.29. The lowest BCUT2D eigenvalue weighted by Gasteiger charge is -2.31. The van der Waals surface area contributed by atoms with E-state index in [2.05, 4.69) is 104 Å². The summed E-state index contributed by atoms with van der Waals surface area (Å²) in [4.78, 5) is 7.23. The van der Waals surface area contributed by atoms with Crippen LogP contribution < -0.4 is 0 Å². The average Bonchev–Trinajstić information content (AvgIpc) is 2.86. The molecule has 2 nitrogen and oxygen atoms in total. The summed E-state index contributed by atoms with van der Waals surface area (Å²) in [5.41, 5.74) is 0.972. The number of aliphatic imine (C=N–C) groups is 1. The Hall–Kier alpha value is -2.18. The van der Waals surface area contributed by atoms with Gasteiger partial charge in [0.15, 0.2) is 0 Å². The summed E-state index contributed by atoms with van der Waals surface area (Å²) < 4.78 is 6.55. The predicted molar refractivity (Wildman–Crippen MR) is 151 cm³/mol. The topological polar surface area (TPSA) is 21.6 Å². The summed E-state index contributed by atoms with van der Waals surface area (Å²) in [6.07, 6.45) is 10.2. The fraction of sp³-hybridized carbons (Fsp3) is 0.207. The molecule has 34 heavy (non-hydrogen) atoms. The number of rotatable bonds is 10. The maximum absolute atomic E-state index is 6.29. The van der Waals surface area contributed by atoms with Crippen molar-refractivity contribution in [1.29, 1.82) is 0 Å². The summed E-state index contributed by atoms with van der Waals surface area (Å²) in [6.45, 7) is 2.71. The van der Waals surface area contributed by atoms with E-state index in [1.165, 1.54) is 9.79 Å². The van der Waals surface area contributed by atoms with E-state index in [0.29, 0.717) is 6.61 Å². The highest BCUT2D eigenvalue weighted by Crippen LogP contribution is 2.43. The molecule has 0 amide bonds. The molecular weight excluding hydrogens is 475 g/mol. The first-order chi connectivity index (χ1) is 16.7. The van der Waals surface area contributed by atoms with E-state index < -0.39 is 4.93 Å². The van der Waals surface area contributed by atoms with Crippen LogP contribution in [-0.4, -0.2) is 21.2 Å². The van der Waals surface area contributed by atoms with Gasteiger partial charge in [0.2, 0.25) is 0 Å². The maximum Gasteiger partial charge on any atom is 0.141 e. The van der Waals surface area contributed by atoms with Gasteiger partial charge in [0.05, 0.1) is 15.3 Å². The number of hydrogen-bond acceptors (Lipinski definition) is 5. The van der Waals surface area contributed by atoms with Crippen molar-refractivity contribution in [2.75, 3.05) is 6.61 Å². The van der Waals surface area contributed by atoms with E-state index in [-0.39, 0.29) is 4.58 Å². The molecule has 3 aromatic rings. The van der Waals surface area contributed by atoms with Gasteiger partial charge in [0, 0.05) is 29.2 Å². The summed E-state index contributed by atoms with van der Waals surface area (Å²) in [7, 11) is 0. The molecule has 5 heteroatoms. The third-order valence-corrected chi connectivity index (χ3v) is 8.84. The van der Waals surface area contributed by atoms with Crippen molar-refractivity contribution in [2.45, 2.75) is 39.1 Å². The second-order valence-corrected chi connectivity index (χ2v) is 11.9. The molecule has 0 heterocycles. The minimum Gasteiger partial charge on any atom is -0.360 e. The van der Waals surface area contributed by atoms with Crippen molar-refractivity contribution in [1.82, 2.24) is 0 Å². The Bertz CT molecular complexity index is 1060. The summed E-state index contributed by atoms with van der Waals surface area (Å²) >= 11 is 5.53. The molecule has 1 atom stereocenters. The van der Waals surface area contributed by atoms with Gasteiger partial charge >= 0.3 is 0 Å². The van der Waals surface area contributed by atoms with Crippen LogP contribution in [0.3, 0.4) is 0 Å². The van der Waals surface area contributed by atoms with Crippen LogP contribution in [-0.2, 0) is 4.74 Å². The zero-order chi connectivity index (χ0) is 23.5. The SMILES string of the molecule is CCOC1(SC(CC(Sc2ccccc2)Sc2ccccc2)=Nc2ccccc2)C=CC=CC1. The van der Waals surface area contributed by atoms with Crippen molar-refractivity contribution in [3.63, 3.8) is 0 Å². The molecule has 4 rings (SSSR count). The average molecular weight is 504 g/mol. The fourth-order valence-corrected chi connectivity index (χ4v) is 7.64. The first-order valence-electron chi connectivity index (χ1n) is 11.5. The molecule has 0 N–H and O–H groups in total. The number of para-hydroxylation sites is 1. The second kappa shape index (κ2) is 13.1. The zero-order valence-corrected chi connectivity index (χ0v) is 21.7. The molecule has 0 saturated heterocycles. The van der Waals surface area contributed by atoms with Gasteiger partial charge in [0.1, 0.15) is 4.93 Å². The molecule has 1 aliphatic carbocycles. The van der Waals surface area contributed by atoms with Gasteiger partial charge in [0.25, 0.3) is 0 Å². The van der Waals surface area contributed by atoms with E-state index in [0.717, 1.165) is 23.6 Å². The first kappa shape index (κ1) is 24.9. The lowest BCUT2D eigenvalue weighted by molar-refractivity contribution is 0.0720. The van der Waals surface area contributed by atoms with Gasteiger partial charge in [-0.1, -0.05) is 84.6 Å². The zero-order valence-electron chi connectivity index (χ0n) is 19.2. The van der Waals surface area contributed by atoms with Crippen molar-refractivity contribution in [3.05, 3.63) is 115 Å². The normalized spacial score (nSPS) is 17.9. The molecule has 174 valence electrons. The highest BCUT2D eigenvalue weighted by atomic mass is 32.2. The third-order valence-electron chi connectivity index (χ3n) is 5.05. The minimum atomic E-state index is -0.420. The molecule has 0 bridgehead atoms. The quantitative estimate of drug-likeness (QED) is 0.119. The predicted octanol–water partition coefficient (Wildman–Crippen LogP) is 9.00. The first-order valence-corrected chi connectivity index (χ1v) is 14.1. The summed E-state index contributed by atoms with van der Waals surface area (Å²) in [5.74, 6) is 0. The van der Waals surface area contributed by atoms with Gasteiger partial charge in [-0.25, -0.2) is 4.99 Å². The molecule has 0 spiro atoms. The number of benzene rings is 3. The Balaban J connectivity index is 1.63. The number of hydrogen-bond donors (Lipinski definition) is 0. The van der Waals surface area contributed by atoms with Crippen LogP contribution in [0, 0.1) is 0 Å². The minimum absolute atomic E-state index is 0.265. The van der Waals surface area contributed by atoms with E-state index >= 15 is 0 Å². The van der Waals surface area contributed by atoms with E-state index in [4.69, 9.17) is 9.73 Å². The van der Waals surface area contributed by atoms with Crippen molar-refractivity contribution in [3.8, 4) is 0 Å². The molecular formula is C29H29NOS3. The van der Waals surface area contributed by atoms with Gasteiger partial charge in [-0.3, -0.25) is 0 Å². The standard InChI is InChI=1S/C29H29NOS3/c1-2-31-29(21-13-6-14-22-29)34-27(30-24-15-7-3-8-16-24)23-28(32-25-17-9-4-10-18-25)33-26-19-11-5-12-20-26/h3-21,28H,2,22-23H2,1H3. The Labute approximate surface area is 216 Å². The van der Waals surface area contributed by atoms with Crippen LogP contribution in [0.2, 0.25) is 0 Å². The number of nitrogens with zero attached hydrogens (tertiary/aromatic N) is 1. The molecule has 3 aromatic carbocycles. The lowest BCUT2D eigenvalue weighted by atomic mass is 10.1. The summed E-state index contributed by atoms with van der Waals surface area (Å²) in [6, 6.07) is 31.5. The highest BCUT2D eigenvalue weighted by Gasteiger charge is 2.32. The van der Waals surface area contributed by atoms with Crippen LogP contribution in [0.4, 0.5) is 5.69 Å². The summed E-state index contributed by atoms with van der Waals surface area (Å²) in [5, 5.41) is 1.08. The second-order valence-electron chi connectivity index (χ2n) is 7.67. The molecule has 1 unspecified atom stereocenters. The Morgan fingerprint density at radius 3 is 1.97 bits per heavy atom. The number of ether oxygens (including phenoxy) is 1. The Kier molecular flexibility index (Phi) is 9.57. The van der Waals surface area contributed by atoms with E-state index in [1.54, 1.807) is 11.8 Å². The fourth-order valence-electron chi connectivity index (χ4n) is 3.55. The number of allylic oxidation sites excluding steroid dienone is 2. The molecule has 0 radical (unpaired) electrons. The van der Waals surface area contributed by atoms with Crippen LogP contribution >= 0.6 is 35.3 Å². The van der Waals surface area contributed by atoms with Crippen LogP contribution in [0.25, 0.3) is 0 Å². The highest BCUT2D eigenvalue weighted by molar-refractivity contribution is 8.18. The van der Waals surface area contributed by atoms with Gasteiger partial charge in [-0.15, -0.1) is 23.5 Å². The van der Waals surface area contributed by atoms with Crippen molar-refractivity contribution < 1.29 is 4.74 Å². The molecule has 0 fully saturated rings. The van der Waals surface area contributed by atoms with Crippen molar-refractivity contribution in [2.24, 2.45) is 4.99 Å². The molecule has 0 saturated carbocycles. The van der Waals surface area contributed by atoms with E-state index in [9.17, 15) is 0 Å². The van der Waals surface area contributed by atoms with Crippen LogP contribution in [0.1, 0.15) is 19.8 Å². The monoisotopic (exact) mass is 503 g/mol. The largest absolute Gasteiger partial charge is 0.360 e. The van der Waals surface area contributed by atoms with Crippen molar-refractivity contribution >= 4 is 46.0 Å². The number of thioether (sulfide) groups is 3. The Morgan fingerprint density at radius 2 is 1.44 bits per heavy atom. The van der Waals surface area contributed by atoms with Gasteiger partial charge < -0.3 is 4.74 Å². The smallest absolute Gasteiger partial charge is 0.141 e. The third kappa shape index (κ3) is 7.67. The van der Waals surface area contributed by atoms with E-state index in [1.807, 2.05) is 41.7 Å². The molecule has 0 aliphatic heterocycles. The van der Waals surface area contributed by atoms with Gasteiger partial charge in [-0.05, 0) is 49.4 Å². The lowest BCUT2D eigenvalue weighted by Crippen LogP contribution is -2.29. The van der Waals surface area contributed by atoms with Crippen LogP contribution in [0.5, 0.6) is 0 Å². The van der Waals surface area contributed by atoms with Crippen LogP contribution in [0.15, 0.2) is 130 Å². The Morgan fingerprint density at radius 1 is 0.853 bits per heavy atom. The molecule has 1 aliphatic rings. The van der Waals surface area contributed by atoms with Gasteiger partial charge in [-0.2, -0.15) is 0 Å². The molecule has 0 aromatic heterocycles.